The largest absolute Gasteiger partial charge is 0.402 e. The molecule has 1 rings (SSSR count). The third kappa shape index (κ3) is 11.9. The number of hydrogen-bond donors (Lipinski definition) is 4. The van der Waals surface area contributed by atoms with Gasteiger partial charge in [0.2, 0.25) is 13.3 Å². The lowest BCUT2D eigenvalue weighted by Crippen LogP contribution is -2.43. The summed E-state index contributed by atoms with van der Waals surface area (Å²) in [4.78, 5) is 16.0. The zero-order valence-corrected chi connectivity index (χ0v) is 15.7. The molecule has 7 heteroatoms. The molecular weight excluding hydrogens is 313 g/mol. The third-order valence-electron chi connectivity index (χ3n) is 4.92. The molecule has 1 fully saturated rings. The lowest BCUT2D eigenvalue weighted by atomic mass is 9.69. The molecule has 0 bridgehead atoms. The fourth-order valence-corrected chi connectivity index (χ4v) is 3.32. The van der Waals surface area contributed by atoms with E-state index in [4.69, 9.17) is 17.2 Å². The van der Waals surface area contributed by atoms with Gasteiger partial charge in [-0.15, -0.1) is 0 Å². The van der Waals surface area contributed by atoms with E-state index in [1.54, 1.807) is 0 Å². The number of guanidine groups is 1. The summed E-state index contributed by atoms with van der Waals surface area (Å²) >= 11 is 0. The van der Waals surface area contributed by atoms with Crippen LogP contribution in [0.5, 0.6) is 0 Å². The van der Waals surface area contributed by atoms with Gasteiger partial charge in [0.05, 0.1) is 6.04 Å². The second-order valence-corrected chi connectivity index (χ2v) is 7.25. The van der Waals surface area contributed by atoms with E-state index < -0.39 is 6.04 Å². The number of nitrogens with zero attached hydrogens (tertiary/aromatic N) is 1. The van der Waals surface area contributed by atoms with E-state index >= 15 is 0 Å². The zero-order valence-electron chi connectivity index (χ0n) is 15.7. The first-order valence-corrected chi connectivity index (χ1v) is 10.0. The van der Waals surface area contributed by atoms with Crippen molar-refractivity contribution in [2.75, 3.05) is 6.54 Å². The van der Waals surface area contributed by atoms with Crippen molar-refractivity contribution in [2.24, 2.45) is 22.2 Å². The zero-order chi connectivity index (χ0) is 18.3. The fourth-order valence-electron chi connectivity index (χ4n) is 3.32. The van der Waals surface area contributed by atoms with Crippen LogP contribution in [-0.2, 0) is 4.79 Å². The van der Waals surface area contributed by atoms with Gasteiger partial charge in [0.25, 0.3) is 0 Å². The fraction of sp³-hybridized carbons (Fsp3) is 0.889. The van der Waals surface area contributed by atoms with Crippen molar-refractivity contribution in [3.8, 4) is 0 Å². The lowest BCUT2D eigenvalue weighted by molar-refractivity contribution is -0.120. The van der Waals surface area contributed by atoms with Gasteiger partial charge in [0, 0.05) is 6.54 Å². The van der Waals surface area contributed by atoms with Gasteiger partial charge < -0.3 is 22.4 Å². The molecule has 6 nitrogen and oxygen atoms in total. The van der Waals surface area contributed by atoms with Gasteiger partial charge in [-0.25, -0.2) is 0 Å². The van der Waals surface area contributed by atoms with Crippen LogP contribution < -0.4 is 22.4 Å². The van der Waals surface area contributed by atoms with E-state index in [0.29, 0.717) is 25.2 Å². The number of amides is 1. The van der Waals surface area contributed by atoms with Crippen LogP contribution in [-0.4, -0.2) is 31.9 Å². The highest BCUT2D eigenvalue weighted by atomic mass is 16.1. The summed E-state index contributed by atoms with van der Waals surface area (Å²) in [5, 5.41) is 2.94. The first kappa shape index (κ1) is 21.8. The normalized spacial score (nSPS) is 19.1. The van der Waals surface area contributed by atoms with Crippen molar-refractivity contribution in [1.82, 2.24) is 5.23 Å². The average molecular weight is 350 g/mol. The maximum Gasteiger partial charge on any atom is 0.249 e. The van der Waals surface area contributed by atoms with Crippen LogP contribution in [0.15, 0.2) is 4.99 Å². The number of rotatable bonds is 7. The van der Waals surface area contributed by atoms with Crippen LogP contribution in [0.2, 0.25) is 5.82 Å². The molecule has 0 aliphatic heterocycles. The summed E-state index contributed by atoms with van der Waals surface area (Å²) in [6.07, 6.45) is 15.6. The Morgan fingerprint density at radius 1 is 1.00 bits per heavy atom. The molecule has 0 heterocycles. The molecule has 143 valence electrons. The molecule has 0 aromatic rings. The molecule has 0 aromatic heterocycles. The minimum absolute atomic E-state index is 0.0776. The predicted octanol–water partition coefficient (Wildman–Crippen LogP) is 2.20. The van der Waals surface area contributed by atoms with Crippen LogP contribution in [0, 0.1) is 0 Å². The summed E-state index contributed by atoms with van der Waals surface area (Å²) in [5.74, 6) is 0.446. The molecule has 1 amide bonds. The number of nitrogens with one attached hydrogen (secondary N) is 1. The smallest absolute Gasteiger partial charge is 0.249 e. The summed E-state index contributed by atoms with van der Waals surface area (Å²) < 4.78 is 0. The molecule has 1 aliphatic carbocycles. The Morgan fingerprint density at radius 3 is 2.04 bits per heavy atom. The molecule has 1 aliphatic rings. The number of nitrogens with two attached hydrogens (primary N) is 3. The highest BCUT2D eigenvalue weighted by Gasteiger charge is 2.17. The lowest BCUT2D eigenvalue weighted by Gasteiger charge is -2.18. The maximum absolute atomic E-state index is 12.1. The number of carbonyl (C=O) groups excluding carboxylic acids is 1. The van der Waals surface area contributed by atoms with Gasteiger partial charge in [0.15, 0.2) is 5.96 Å². The summed E-state index contributed by atoms with van der Waals surface area (Å²) in [6.45, 7) is 0.510. The standard InChI is InChI=1S/C18H37BN5O/c20-16(13-10-14-23-18(21)22)17(25)24-19-15-11-8-6-4-2-1-3-5-7-9-12-15/h15-16H,1-14,20H2,(H,24,25)(H4,21,22,23)/t16-/m0/s1. The number of aliphatic imine (C=N–C) groups is 1. The van der Waals surface area contributed by atoms with Crippen LogP contribution in [0.3, 0.4) is 0 Å². The minimum atomic E-state index is -0.503. The Bertz CT molecular complexity index is 376. The van der Waals surface area contributed by atoms with E-state index in [-0.39, 0.29) is 11.9 Å². The van der Waals surface area contributed by atoms with E-state index in [1.165, 1.54) is 70.6 Å². The van der Waals surface area contributed by atoms with Gasteiger partial charge in [-0.1, -0.05) is 70.6 Å². The van der Waals surface area contributed by atoms with Gasteiger partial charge in [0.1, 0.15) is 0 Å². The van der Waals surface area contributed by atoms with E-state index in [1.807, 2.05) is 7.41 Å². The summed E-state index contributed by atoms with van der Waals surface area (Å²) in [7, 11) is 1.99. The van der Waals surface area contributed by atoms with Crippen molar-refractivity contribution in [1.29, 1.82) is 0 Å². The molecule has 1 radical (unpaired) electrons. The molecule has 0 spiro atoms. The van der Waals surface area contributed by atoms with Gasteiger partial charge in [-0.3, -0.25) is 9.79 Å². The van der Waals surface area contributed by atoms with Crippen molar-refractivity contribution in [3.63, 3.8) is 0 Å². The van der Waals surface area contributed by atoms with Crippen molar-refractivity contribution < 1.29 is 4.79 Å². The molecule has 0 saturated heterocycles. The highest BCUT2D eigenvalue weighted by molar-refractivity contribution is 6.39. The number of hydrogen-bond acceptors (Lipinski definition) is 3. The van der Waals surface area contributed by atoms with Crippen LogP contribution in [0.25, 0.3) is 0 Å². The van der Waals surface area contributed by atoms with Gasteiger partial charge in [-0.2, -0.15) is 0 Å². The van der Waals surface area contributed by atoms with Crippen LogP contribution >= 0.6 is 0 Å². The first-order chi connectivity index (χ1) is 12.1. The molecule has 25 heavy (non-hydrogen) atoms. The van der Waals surface area contributed by atoms with Crippen LogP contribution in [0.1, 0.15) is 83.5 Å². The van der Waals surface area contributed by atoms with Crippen molar-refractivity contribution in [3.05, 3.63) is 0 Å². The third-order valence-corrected chi connectivity index (χ3v) is 4.92. The number of carbonyl (C=O) groups is 1. The molecule has 7 N–H and O–H groups in total. The monoisotopic (exact) mass is 350 g/mol. The summed E-state index contributed by atoms with van der Waals surface area (Å²) in [5.41, 5.74) is 16.5. The maximum atomic E-state index is 12.1. The van der Waals surface area contributed by atoms with Crippen molar-refractivity contribution in [2.45, 2.75) is 95.3 Å². The van der Waals surface area contributed by atoms with Crippen molar-refractivity contribution >= 4 is 19.3 Å². The SMILES string of the molecule is NC(N)=NCCC[C@H](N)C(=O)N[B]C1CCCCCCCCCCC1. The average Bonchev–Trinajstić information content (AvgIpc) is 2.57. The summed E-state index contributed by atoms with van der Waals surface area (Å²) in [6, 6.07) is -0.503. The Morgan fingerprint density at radius 2 is 1.52 bits per heavy atom. The molecule has 1 saturated carbocycles. The second-order valence-electron chi connectivity index (χ2n) is 7.25. The van der Waals surface area contributed by atoms with E-state index in [0.717, 1.165) is 0 Å². The first-order valence-electron chi connectivity index (χ1n) is 10.0. The Balaban J connectivity index is 2.26. The predicted molar refractivity (Wildman–Crippen MR) is 106 cm³/mol. The van der Waals surface area contributed by atoms with Crippen LogP contribution in [0.4, 0.5) is 0 Å². The topological polar surface area (TPSA) is 120 Å². The Labute approximate surface area is 154 Å². The molecule has 0 aromatic carbocycles. The second kappa shape index (κ2) is 14.0. The molecular formula is C18H37BN5O. The highest BCUT2D eigenvalue weighted by Crippen LogP contribution is 2.23. The van der Waals surface area contributed by atoms with E-state index in [9.17, 15) is 4.79 Å². The molecule has 0 unspecified atom stereocenters. The minimum Gasteiger partial charge on any atom is -0.402 e. The molecule has 1 atom stereocenters. The van der Waals surface area contributed by atoms with Gasteiger partial charge in [-0.05, 0) is 18.7 Å². The Kier molecular flexibility index (Phi) is 12.2. The Hall–Kier alpha value is -1.24. The van der Waals surface area contributed by atoms with E-state index in [2.05, 4.69) is 10.2 Å². The van der Waals surface area contributed by atoms with Gasteiger partial charge >= 0.3 is 0 Å². The quantitative estimate of drug-likeness (QED) is 0.243.